The standard InChI is InChI=1S/C44H82O21/c1-41(2)43(45)64-39-37-62-35-33-60-31-29-58-27-25-56-23-21-54-19-17-52-15-13-50-11-9-48-7-5-47-6-8-49-10-12-51-14-16-53-18-20-55-22-24-57-26-28-59-30-32-61-34-36-63-38-40-65-44(46)42(3)4/h1,3,5-40H2,2,4H3. The van der Waals surface area contributed by atoms with Gasteiger partial charge in [0.1, 0.15) is 13.2 Å². The van der Waals surface area contributed by atoms with Crippen molar-refractivity contribution in [3.63, 3.8) is 0 Å². The van der Waals surface area contributed by atoms with E-state index in [9.17, 15) is 9.59 Å². The van der Waals surface area contributed by atoms with Crippen LogP contribution in [0.15, 0.2) is 24.3 Å². The summed E-state index contributed by atoms with van der Waals surface area (Å²) in [6, 6.07) is 0. The lowest BCUT2D eigenvalue weighted by Gasteiger charge is -2.09. The minimum Gasteiger partial charge on any atom is -0.460 e. The third-order valence-electron chi connectivity index (χ3n) is 7.57. The van der Waals surface area contributed by atoms with Crippen LogP contribution in [0.2, 0.25) is 0 Å². The van der Waals surface area contributed by atoms with E-state index < -0.39 is 11.9 Å². The molecule has 21 heteroatoms. The number of hydrogen-bond acceptors (Lipinski definition) is 21. The van der Waals surface area contributed by atoms with Gasteiger partial charge in [-0.05, 0) is 13.8 Å². The third-order valence-corrected chi connectivity index (χ3v) is 7.57. The molecule has 0 N–H and O–H groups in total. The van der Waals surface area contributed by atoms with Crippen LogP contribution in [0.3, 0.4) is 0 Å². The fraction of sp³-hybridized carbons (Fsp3) is 0.864. The highest BCUT2D eigenvalue weighted by Crippen LogP contribution is 1.94. The predicted octanol–water partition coefficient (Wildman–Crippen LogP) is 1.51. The molecule has 0 aliphatic heterocycles. The smallest absolute Gasteiger partial charge is 0.333 e. The first-order chi connectivity index (χ1) is 31.9. The highest BCUT2D eigenvalue weighted by atomic mass is 16.6. The molecule has 65 heavy (non-hydrogen) atoms. The van der Waals surface area contributed by atoms with Crippen molar-refractivity contribution in [2.75, 3.05) is 238 Å². The molecule has 0 aromatic carbocycles. The summed E-state index contributed by atoms with van der Waals surface area (Å²) in [6.07, 6.45) is 0. The Labute approximate surface area is 387 Å². The zero-order valence-electron chi connectivity index (χ0n) is 39.4. The van der Waals surface area contributed by atoms with Gasteiger partial charge in [0.2, 0.25) is 0 Å². The molecule has 0 aliphatic carbocycles. The van der Waals surface area contributed by atoms with Crippen LogP contribution in [0.4, 0.5) is 0 Å². The van der Waals surface area contributed by atoms with Gasteiger partial charge in [0.05, 0.1) is 225 Å². The van der Waals surface area contributed by atoms with Crippen molar-refractivity contribution in [2.45, 2.75) is 13.8 Å². The van der Waals surface area contributed by atoms with E-state index >= 15 is 0 Å². The molecule has 0 atom stereocenters. The molecule has 0 aliphatic rings. The van der Waals surface area contributed by atoms with Crippen molar-refractivity contribution in [1.82, 2.24) is 0 Å². The minimum atomic E-state index is -0.419. The quantitative estimate of drug-likeness (QED) is 0.0481. The average molecular weight is 947 g/mol. The summed E-state index contributed by atoms with van der Waals surface area (Å²) in [5, 5.41) is 0. The number of carbonyl (C=O) groups excluding carboxylic acids is 2. The second kappa shape index (κ2) is 54.3. The SMILES string of the molecule is C=C(C)C(=O)OCCOCCOCCOCCOCCOCCOCCOCCOCCOCCOCCOCCOCCOCCOCCOCCOCCOCCOC(=O)C(=C)C. The van der Waals surface area contributed by atoms with E-state index in [2.05, 4.69) is 13.2 Å². The van der Waals surface area contributed by atoms with E-state index in [-0.39, 0.29) is 13.2 Å². The van der Waals surface area contributed by atoms with Gasteiger partial charge in [-0.2, -0.15) is 0 Å². The largest absolute Gasteiger partial charge is 0.460 e. The lowest BCUT2D eigenvalue weighted by atomic mass is 10.4. The van der Waals surface area contributed by atoms with Gasteiger partial charge in [0.15, 0.2) is 0 Å². The van der Waals surface area contributed by atoms with E-state index in [1.807, 2.05) is 0 Å². The van der Waals surface area contributed by atoms with Crippen molar-refractivity contribution >= 4 is 11.9 Å². The Morgan fingerprint density at radius 2 is 0.308 bits per heavy atom. The number of esters is 2. The molecule has 0 rings (SSSR count). The van der Waals surface area contributed by atoms with Crippen molar-refractivity contribution in [3.05, 3.63) is 24.3 Å². The first kappa shape index (κ1) is 62.7. The molecule has 0 aromatic heterocycles. The Bertz CT molecular complexity index is 961. The molecule has 0 bridgehead atoms. The van der Waals surface area contributed by atoms with Gasteiger partial charge in [-0.1, -0.05) is 13.2 Å². The van der Waals surface area contributed by atoms with Crippen molar-refractivity contribution in [2.24, 2.45) is 0 Å². The molecular formula is C44H82O21. The maximum absolute atomic E-state index is 11.2. The molecule has 0 unspecified atom stereocenters. The number of ether oxygens (including phenoxy) is 19. The molecule has 0 saturated heterocycles. The van der Waals surface area contributed by atoms with Crippen LogP contribution in [0.5, 0.6) is 0 Å². The number of hydrogen-bond donors (Lipinski definition) is 0. The summed E-state index contributed by atoms with van der Waals surface area (Å²) in [5.41, 5.74) is 0.728. The van der Waals surface area contributed by atoms with Gasteiger partial charge in [-0.15, -0.1) is 0 Å². The van der Waals surface area contributed by atoms with Crippen LogP contribution in [0.1, 0.15) is 13.8 Å². The Balaban J connectivity index is 3.10. The molecule has 0 heterocycles. The van der Waals surface area contributed by atoms with E-state index in [0.29, 0.717) is 236 Å². The molecule has 384 valence electrons. The van der Waals surface area contributed by atoms with Crippen LogP contribution in [0, 0.1) is 0 Å². The zero-order chi connectivity index (χ0) is 47.2. The monoisotopic (exact) mass is 947 g/mol. The van der Waals surface area contributed by atoms with Crippen molar-refractivity contribution in [3.8, 4) is 0 Å². The Hall–Kier alpha value is -2.26. The van der Waals surface area contributed by atoms with E-state index in [4.69, 9.17) is 90.0 Å². The fourth-order valence-electron chi connectivity index (χ4n) is 4.25. The summed E-state index contributed by atoms with van der Waals surface area (Å²) in [7, 11) is 0. The molecule has 0 radical (unpaired) electrons. The van der Waals surface area contributed by atoms with Gasteiger partial charge in [0, 0.05) is 11.1 Å². The maximum atomic E-state index is 11.2. The van der Waals surface area contributed by atoms with Crippen LogP contribution in [-0.2, 0) is 99.6 Å². The second-order valence-corrected chi connectivity index (χ2v) is 13.2. The third kappa shape index (κ3) is 54.2. The van der Waals surface area contributed by atoms with Gasteiger partial charge >= 0.3 is 11.9 Å². The molecule has 0 spiro atoms. The fourth-order valence-corrected chi connectivity index (χ4v) is 4.25. The number of carbonyl (C=O) groups is 2. The van der Waals surface area contributed by atoms with Crippen molar-refractivity contribution in [1.29, 1.82) is 0 Å². The molecule has 0 amide bonds. The molecule has 21 nitrogen and oxygen atoms in total. The predicted molar refractivity (Wildman–Crippen MR) is 235 cm³/mol. The van der Waals surface area contributed by atoms with Gasteiger partial charge in [-0.25, -0.2) is 9.59 Å². The van der Waals surface area contributed by atoms with Crippen molar-refractivity contribution < 1.29 is 99.6 Å². The first-order valence-corrected chi connectivity index (χ1v) is 22.4. The summed E-state index contributed by atoms with van der Waals surface area (Å²) in [6.45, 7) is 26.3. The normalized spacial score (nSPS) is 11.4. The summed E-state index contributed by atoms with van der Waals surface area (Å²) < 4.78 is 103. The Morgan fingerprint density at radius 1 is 0.215 bits per heavy atom. The van der Waals surface area contributed by atoms with Gasteiger partial charge in [-0.3, -0.25) is 0 Å². The summed E-state index contributed by atoms with van der Waals surface area (Å²) in [5.74, 6) is -0.837. The van der Waals surface area contributed by atoms with Crippen LogP contribution in [-0.4, -0.2) is 250 Å². The van der Waals surface area contributed by atoms with Crippen LogP contribution >= 0.6 is 0 Å². The van der Waals surface area contributed by atoms with Gasteiger partial charge < -0.3 is 90.0 Å². The topological polar surface area (TPSA) is 210 Å². The summed E-state index contributed by atoms with van der Waals surface area (Å²) >= 11 is 0. The summed E-state index contributed by atoms with van der Waals surface area (Å²) in [4.78, 5) is 22.4. The van der Waals surface area contributed by atoms with Crippen LogP contribution in [0.25, 0.3) is 0 Å². The second-order valence-electron chi connectivity index (χ2n) is 13.2. The Kier molecular flexibility index (Phi) is 52.5. The first-order valence-electron chi connectivity index (χ1n) is 22.4. The average Bonchev–Trinajstić information content (AvgIpc) is 3.30. The van der Waals surface area contributed by atoms with E-state index in [1.54, 1.807) is 13.8 Å². The number of rotatable bonds is 56. The maximum Gasteiger partial charge on any atom is 0.333 e. The molecule has 0 aromatic rings. The van der Waals surface area contributed by atoms with E-state index in [0.717, 1.165) is 0 Å². The molecular weight excluding hydrogens is 864 g/mol. The highest BCUT2D eigenvalue weighted by molar-refractivity contribution is 5.87. The molecule has 0 saturated carbocycles. The Morgan fingerprint density at radius 3 is 0.400 bits per heavy atom. The van der Waals surface area contributed by atoms with Crippen LogP contribution < -0.4 is 0 Å². The highest BCUT2D eigenvalue weighted by Gasteiger charge is 2.04. The zero-order valence-corrected chi connectivity index (χ0v) is 39.4. The lowest BCUT2D eigenvalue weighted by Crippen LogP contribution is -2.16. The minimum absolute atomic E-state index is 0.191. The van der Waals surface area contributed by atoms with Gasteiger partial charge in [0.25, 0.3) is 0 Å². The molecule has 0 fully saturated rings. The lowest BCUT2D eigenvalue weighted by molar-refractivity contribution is -0.141. The van der Waals surface area contributed by atoms with E-state index in [1.165, 1.54) is 0 Å².